The number of aromatic nitrogens is 2. The quantitative estimate of drug-likeness (QED) is 0.297. The Hall–Kier alpha value is -3.35. The molecule has 1 aliphatic rings. The van der Waals surface area contributed by atoms with Gasteiger partial charge < -0.3 is 4.90 Å². The fourth-order valence-corrected chi connectivity index (χ4v) is 4.70. The maximum Gasteiger partial charge on any atom is 0.418 e. The van der Waals surface area contributed by atoms with Crippen LogP contribution >= 0.6 is 0 Å². The van der Waals surface area contributed by atoms with Crippen LogP contribution in [0.4, 0.5) is 23.2 Å². The molecule has 0 saturated carbocycles. The molecular weight excluding hydrogens is 442 g/mol. The Morgan fingerprint density at radius 3 is 2.41 bits per heavy atom. The molecule has 2 heterocycles. The number of hydrogen-bond donors (Lipinski definition) is 0. The van der Waals surface area contributed by atoms with E-state index in [1.807, 2.05) is 24.3 Å². The molecule has 5 rings (SSSR count). The van der Waals surface area contributed by atoms with Gasteiger partial charge >= 0.3 is 6.18 Å². The van der Waals surface area contributed by atoms with Crippen molar-refractivity contribution >= 4 is 16.6 Å². The van der Waals surface area contributed by atoms with E-state index in [0.29, 0.717) is 22.6 Å². The zero-order valence-corrected chi connectivity index (χ0v) is 18.8. The van der Waals surface area contributed by atoms with Gasteiger partial charge in [-0.05, 0) is 43.0 Å². The van der Waals surface area contributed by atoms with Gasteiger partial charge in [-0.15, -0.1) is 0 Å². The molecule has 7 heteroatoms. The summed E-state index contributed by atoms with van der Waals surface area (Å²) in [5, 5.41) is 4.76. The standard InChI is InChI=1S/C27H25F4N3/c1-18-12-14-33(15-13-18)21-8-4-7-19(16-21)26-22-9-5-10-23(27(29,30)31)25(22)32-34(26)17-20-6-2-3-11-24(20)28/h2-11,16,18H,12-15,17H2,1H3. The lowest BCUT2D eigenvalue weighted by Gasteiger charge is -2.32. The van der Waals surface area contributed by atoms with Crippen LogP contribution in [0.1, 0.15) is 30.9 Å². The molecule has 34 heavy (non-hydrogen) atoms. The van der Waals surface area contributed by atoms with Gasteiger partial charge in [0.1, 0.15) is 11.3 Å². The molecule has 0 atom stereocenters. The first-order chi connectivity index (χ1) is 16.3. The van der Waals surface area contributed by atoms with E-state index in [2.05, 4.69) is 16.9 Å². The largest absolute Gasteiger partial charge is 0.418 e. The number of alkyl halides is 3. The van der Waals surface area contributed by atoms with E-state index in [1.165, 1.54) is 16.8 Å². The van der Waals surface area contributed by atoms with E-state index in [0.717, 1.165) is 43.2 Å². The highest BCUT2D eigenvalue weighted by Gasteiger charge is 2.34. The van der Waals surface area contributed by atoms with E-state index in [9.17, 15) is 17.6 Å². The molecule has 0 bridgehead atoms. The lowest BCUT2D eigenvalue weighted by Crippen LogP contribution is -2.32. The molecule has 0 N–H and O–H groups in total. The highest BCUT2D eigenvalue weighted by Crippen LogP contribution is 2.39. The van der Waals surface area contributed by atoms with Crippen molar-refractivity contribution in [2.75, 3.05) is 18.0 Å². The van der Waals surface area contributed by atoms with Crippen molar-refractivity contribution in [2.45, 2.75) is 32.5 Å². The number of halogens is 4. The molecule has 1 aliphatic heterocycles. The first-order valence-electron chi connectivity index (χ1n) is 11.5. The Morgan fingerprint density at radius 2 is 1.68 bits per heavy atom. The van der Waals surface area contributed by atoms with Crippen LogP contribution in [-0.2, 0) is 12.7 Å². The van der Waals surface area contributed by atoms with Gasteiger partial charge in [-0.3, -0.25) is 4.68 Å². The summed E-state index contributed by atoms with van der Waals surface area (Å²) in [7, 11) is 0. The van der Waals surface area contributed by atoms with Crippen molar-refractivity contribution in [3.8, 4) is 11.3 Å². The smallest absolute Gasteiger partial charge is 0.371 e. The molecule has 0 radical (unpaired) electrons. The summed E-state index contributed by atoms with van der Waals surface area (Å²) >= 11 is 0. The first kappa shape index (κ1) is 22.4. The lowest BCUT2D eigenvalue weighted by atomic mass is 9.98. The van der Waals surface area contributed by atoms with E-state index in [4.69, 9.17) is 0 Å². The molecule has 3 nitrogen and oxygen atoms in total. The monoisotopic (exact) mass is 467 g/mol. The van der Waals surface area contributed by atoms with Crippen LogP contribution in [0.5, 0.6) is 0 Å². The SMILES string of the molecule is CC1CCN(c2cccc(-c3c4cccc(C(F)(F)F)c4nn3Cc3ccccc3F)c2)CC1. The average molecular weight is 468 g/mol. The topological polar surface area (TPSA) is 21.1 Å². The number of anilines is 1. The third kappa shape index (κ3) is 4.27. The highest BCUT2D eigenvalue weighted by molar-refractivity contribution is 5.95. The van der Waals surface area contributed by atoms with Gasteiger partial charge in [0.2, 0.25) is 0 Å². The summed E-state index contributed by atoms with van der Waals surface area (Å²) in [5.41, 5.74) is 1.79. The molecule has 0 amide bonds. The van der Waals surface area contributed by atoms with Crippen LogP contribution in [0.3, 0.4) is 0 Å². The van der Waals surface area contributed by atoms with Crippen molar-refractivity contribution in [1.29, 1.82) is 0 Å². The Labute approximate surface area is 195 Å². The number of hydrogen-bond acceptors (Lipinski definition) is 2. The second-order valence-electron chi connectivity index (χ2n) is 9.02. The maximum atomic E-state index is 14.4. The number of benzene rings is 3. The molecular formula is C27H25F4N3. The predicted molar refractivity (Wildman–Crippen MR) is 126 cm³/mol. The molecule has 0 spiro atoms. The minimum absolute atomic E-state index is 0.0272. The number of fused-ring (bicyclic) bond motifs is 1. The van der Waals surface area contributed by atoms with Crippen LogP contribution in [0.15, 0.2) is 66.7 Å². The van der Waals surface area contributed by atoms with Crippen molar-refractivity contribution in [3.63, 3.8) is 0 Å². The van der Waals surface area contributed by atoms with E-state index in [1.54, 1.807) is 24.3 Å². The molecule has 176 valence electrons. The molecule has 0 aliphatic carbocycles. The molecule has 1 aromatic heterocycles. The van der Waals surface area contributed by atoms with Gasteiger partial charge in [0.05, 0.1) is 17.8 Å². The Kier molecular flexibility index (Phi) is 5.80. The molecule has 3 aromatic carbocycles. The van der Waals surface area contributed by atoms with Crippen molar-refractivity contribution in [3.05, 3.63) is 83.7 Å². The van der Waals surface area contributed by atoms with Crippen molar-refractivity contribution in [2.24, 2.45) is 5.92 Å². The zero-order chi connectivity index (χ0) is 23.9. The molecule has 1 saturated heterocycles. The third-order valence-electron chi connectivity index (χ3n) is 6.62. The van der Waals surface area contributed by atoms with Crippen LogP contribution in [-0.4, -0.2) is 22.9 Å². The van der Waals surface area contributed by atoms with Gasteiger partial charge in [0.25, 0.3) is 0 Å². The van der Waals surface area contributed by atoms with E-state index in [-0.39, 0.29) is 12.1 Å². The zero-order valence-electron chi connectivity index (χ0n) is 18.8. The first-order valence-corrected chi connectivity index (χ1v) is 11.5. The number of piperidine rings is 1. The maximum absolute atomic E-state index is 14.4. The minimum atomic E-state index is -4.54. The Morgan fingerprint density at radius 1 is 0.941 bits per heavy atom. The van der Waals surface area contributed by atoms with Gasteiger partial charge in [0, 0.05) is 35.3 Å². The van der Waals surface area contributed by atoms with Crippen LogP contribution in [0, 0.1) is 11.7 Å². The number of nitrogens with zero attached hydrogens (tertiary/aromatic N) is 3. The summed E-state index contributed by atoms with van der Waals surface area (Å²) < 4.78 is 57.3. The number of rotatable bonds is 4. The van der Waals surface area contributed by atoms with Crippen LogP contribution in [0.25, 0.3) is 22.2 Å². The lowest BCUT2D eigenvalue weighted by molar-refractivity contribution is -0.136. The highest BCUT2D eigenvalue weighted by atomic mass is 19.4. The summed E-state index contributed by atoms with van der Waals surface area (Å²) in [4.78, 5) is 2.31. The Balaban J connectivity index is 1.66. The fraction of sp³-hybridized carbons (Fsp3) is 0.296. The van der Waals surface area contributed by atoms with Crippen molar-refractivity contribution < 1.29 is 17.6 Å². The predicted octanol–water partition coefficient (Wildman–Crippen LogP) is 7.15. The van der Waals surface area contributed by atoms with Crippen LogP contribution < -0.4 is 4.90 Å². The fourth-order valence-electron chi connectivity index (χ4n) is 4.70. The van der Waals surface area contributed by atoms with E-state index < -0.39 is 17.6 Å². The third-order valence-corrected chi connectivity index (χ3v) is 6.62. The van der Waals surface area contributed by atoms with Crippen LogP contribution in [0.2, 0.25) is 0 Å². The second kappa shape index (κ2) is 8.78. The van der Waals surface area contributed by atoms with Gasteiger partial charge in [-0.2, -0.15) is 18.3 Å². The molecule has 0 unspecified atom stereocenters. The molecule has 4 aromatic rings. The summed E-state index contributed by atoms with van der Waals surface area (Å²) in [6.45, 7) is 4.16. The van der Waals surface area contributed by atoms with Crippen molar-refractivity contribution in [1.82, 2.24) is 9.78 Å². The van der Waals surface area contributed by atoms with Gasteiger partial charge in [-0.1, -0.05) is 49.4 Å². The average Bonchev–Trinajstić information content (AvgIpc) is 3.18. The Bertz CT molecular complexity index is 1320. The second-order valence-corrected chi connectivity index (χ2v) is 9.02. The summed E-state index contributed by atoms with van der Waals surface area (Å²) in [6, 6.07) is 18.2. The minimum Gasteiger partial charge on any atom is -0.371 e. The van der Waals surface area contributed by atoms with Gasteiger partial charge in [0.15, 0.2) is 0 Å². The van der Waals surface area contributed by atoms with E-state index >= 15 is 0 Å². The normalized spacial score (nSPS) is 15.3. The summed E-state index contributed by atoms with van der Waals surface area (Å²) in [6.07, 6.45) is -2.33. The summed E-state index contributed by atoms with van der Waals surface area (Å²) in [5.74, 6) is 0.270. The molecule has 1 fully saturated rings. The van der Waals surface area contributed by atoms with Gasteiger partial charge in [-0.25, -0.2) is 4.39 Å².